The molecule has 0 radical (unpaired) electrons. The summed E-state index contributed by atoms with van der Waals surface area (Å²) >= 11 is 5.85. The zero-order valence-electron chi connectivity index (χ0n) is 14.0. The van der Waals surface area contributed by atoms with E-state index in [-0.39, 0.29) is 23.3 Å². The number of hydrogen-bond acceptors (Lipinski definition) is 3. The third kappa shape index (κ3) is 3.38. The van der Waals surface area contributed by atoms with Crippen LogP contribution in [0.3, 0.4) is 0 Å². The van der Waals surface area contributed by atoms with Crippen LogP contribution in [0, 0.1) is 11.6 Å². The Hall–Kier alpha value is -1.50. The van der Waals surface area contributed by atoms with Gasteiger partial charge in [-0.05, 0) is 61.7 Å². The topological polar surface area (TPSA) is 54.4 Å². The Kier molecular flexibility index (Phi) is 5.37. The number of benzene rings is 2. The summed E-state index contributed by atoms with van der Waals surface area (Å²) in [4.78, 5) is -0.0281. The Morgan fingerprint density at radius 3 is 2.46 bits per heavy atom. The van der Waals surface area contributed by atoms with Crippen LogP contribution in [-0.2, 0) is 14.6 Å². The smallest absolute Gasteiger partial charge is 0.188 e. The van der Waals surface area contributed by atoms with Crippen LogP contribution in [0.2, 0.25) is 5.02 Å². The van der Waals surface area contributed by atoms with Crippen molar-refractivity contribution < 1.29 is 22.3 Å². The zero-order chi connectivity index (χ0) is 18.9. The van der Waals surface area contributed by atoms with Crippen molar-refractivity contribution in [2.24, 2.45) is 0 Å². The molecule has 0 aliphatic heterocycles. The van der Waals surface area contributed by atoms with E-state index in [1.807, 2.05) is 0 Å². The first-order valence-corrected chi connectivity index (χ1v) is 10.3. The molecule has 1 aliphatic carbocycles. The molecular weight excluding hydrogens is 382 g/mol. The molecule has 7 heteroatoms. The highest BCUT2D eigenvalue weighted by Gasteiger charge is 2.49. The molecule has 2 aromatic carbocycles. The molecule has 0 spiro atoms. The molecule has 0 aromatic heterocycles. The molecule has 0 bridgehead atoms. The van der Waals surface area contributed by atoms with Crippen molar-refractivity contribution in [3.05, 3.63) is 64.7 Å². The lowest BCUT2D eigenvalue weighted by atomic mass is 9.89. The molecule has 140 valence electrons. The van der Waals surface area contributed by atoms with Gasteiger partial charge in [-0.2, -0.15) is 0 Å². The summed E-state index contributed by atoms with van der Waals surface area (Å²) in [5, 5.41) is 10.7. The van der Waals surface area contributed by atoms with Crippen LogP contribution in [0.25, 0.3) is 0 Å². The van der Waals surface area contributed by atoms with Gasteiger partial charge >= 0.3 is 0 Å². The maximum atomic E-state index is 14.6. The molecule has 0 amide bonds. The molecule has 3 nitrogen and oxygen atoms in total. The number of aliphatic hydroxyl groups is 1. The van der Waals surface area contributed by atoms with Crippen molar-refractivity contribution in [1.82, 2.24) is 0 Å². The van der Waals surface area contributed by atoms with Crippen molar-refractivity contribution in [1.29, 1.82) is 0 Å². The van der Waals surface area contributed by atoms with Gasteiger partial charge in [-0.25, -0.2) is 17.2 Å². The fourth-order valence-corrected chi connectivity index (χ4v) is 6.04. The number of halogens is 3. The van der Waals surface area contributed by atoms with E-state index in [1.165, 1.54) is 24.3 Å². The minimum Gasteiger partial charge on any atom is -0.393 e. The minimum atomic E-state index is -4.11. The highest BCUT2D eigenvalue weighted by molar-refractivity contribution is 7.92. The van der Waals surface area contributed by atoms with Crippen molar-refractivity contribution in [3.8, 4) is 0 Å². The molecule has 3 rings (SSSR count). The molecular formula is C19H19ClF2O3S. The molecule has 1 saturated carbocycles. The lowest BCUT2D eigenvalue weighted by Gasteiger charge is -2.34. The summed E-state index contributed by atoms with van der Waals surface area (Å²) in [5.74, 6) is -1.51. The average Bonchev–Trinajstić information content (AvgIpc) is 2.80. The molecule has 2 atom stereocenters. The van der Waals surface area contributed by atoms with Crippen molar-refractivity contribution in [2.45, 2.75) is 47.9 Å². The zero-order valence-corrected chi connectivity index (χ0v) is 15.5. The summed E-state index contributed by atoms with van der Waals surface area (Å²) in [7, 11) is -4.11. The van der Waals surface area contributed by atoms with Gasteiger partial charge in [-0.1, -0.05) is 24.4 Å². The van der Waals surface area contributed by atoms with Gasteiger partial charge in [0.05, 0.1) is 11.0 Å². The average molecular weight is 401 g/mol. The predicted molar refractivity (Wildman–Crippen MR) is 95.8 cm³/mol. The van der Waals surface area contributed by atoms with E-state index >= 15 is 0 Å². The molecule has 1 unspecified atom stereocenters. The van der Waals surface area contributed by atoms with Gasteiger partial charge in [0.15, 0.2) is 9.84 Å². The summed E-state index contributed by atoms with van der Waals surface area (Å²) in [6.07, 6.45) is 0.542. The molecule has 0 heterocycles. The molecule has 1 fully saturated rings. The van der Waals surface area contributed by atoms with Crippen LogP contribution in [0.5, 0.6) is 0 Å². The Morgan fingerprint density at radius 2 is 1.77 bits per heavy atom. The van der Waals surface area contributed by atoms with Gasteiger partial charge in [0, 0.05) is 10.6 Å². The Balaban J connectivity index is 2.27. The normalized spacial score (nSPS) is 24.2. The highest BCUT2D eigenvalue weighted by Crippen LogP contribution is 2.47. The van der Waals surface area contributed by atoms with E-state index in [1.54, 1.807) is 0 Å². The third-order valence-corrected chi connectivity index (χ3v) is 7.76. The molecule has 26 heavy (non-hydrogen) atoms. The first kappa shape index (κ1) is 19.3. The molecule has 0 saturated heterocycles. The monoisotopic (exact) mass is 400 g/mol. The Bertz CT molecular complexity index is 900. The second-order valence-electron chi connectivity index (χ2n) is 6.68. The van der Waals surface area contributed by atoms with E-state index in [2.05, 4.69) is 0 Å². The summed E-state index contributed by atoms with van der Waals surface area (Å²) in [6, 6.07) is 8.41. The van der Waals surface area contributed by atoms with Crippen LogP contribution in [0.1, 0.15) is 37.7 Å². The Morgan fingerprint density at radius 1 is 1.08 bits per heavy atom. The van der Waals surface area contributed by atoms with Crippen LogP contribution in [-0.4, -0.2) is 19.6 Å². The van der Waals surface area contributed by atoms with E-state index in [0.717, 1.165) is 18.2 Å². The standard InChI is InChI=1S/C19H19ClF2O3S/c20-13-4-7-16(8-5-13)26(24,25)19(10-2-1-3-15(23)12-19)17-11-14(21)6-9-18(17)22/h4-9,11,15,23H,1-3,10,12H2/t15?,19-/m1/s1. The third-order valence-electron chi connectivity index (χ3n) is 4.99. The van der Waals surface area contributed by atoms with Gasteiger partial charge in [0.25, 0.3) is 0 Å². The highest BCUT2D eigenvalue weighted by atomic mass is 35.5. The number of sulfone groups is 1. The maximum Gasteiger partial charge on any atom is 0.188 e. The number of aliphatic hydroxyl groups excluding tert-OH is 1. The largest absolute Gasteiger partial charge is 0.393 e. The van der Waals surface area contributed by atoms with Crippen LogP contribution in [0.4, 0.5) is 8.78 Å². The summed E-state index contributed by atoms with van der Waals surface area (Å²) in [6.45, 7) is 0. The van der Waals surface area contributed by atoms with Gasteiger partial charge in [0.1, 0.15) is 16.4 Å². The Labute approximate surface area is 156 Å². The quantitative estimate of drug-likeness (QED) is 0.765. The van der Waals surface area contributed by atoms with E-state index in [9.17, 15) is 22.3 Å². The van der Waals surface area contributed by atoms with Crippen LogP contribution in [0.15, 0.2) is 47.4 Å². The van der Waals surface area contributed by atoms with Gasteiger partial charge in [-0.3, -0.25) is 0 Å². The van der Waals surface area contributed by atoms with Gasteiger partial charge < -0.3 is 5.11 Å². The predicted octanol–water partition coefficient (Wildman–Crippen LogP) is 4.61. The minimum absolute atomic E-state index is 0.0281. The lowest BCUT2D eigenvalue weighted by Crippen LogP contribution is -2.39. The van der Waals surface area contributed by atoms with E-state index in [0.29, 0.717) is 24.3 Å². The SMILES string of the molecule is O=S(=O)(c1ccc(Cl)cc1)[C@]1(c2cc(F)ccc2F)CCCCC(O)C1. The lowest BCUT2D eigenvalue weighted by molar-refractivity contribution is 0.145. The second kappa shape index (κ2) is 7.25. The molecule has 1 N–H and O–H groups in total. The number of rotatable bonds is 3. The van der Waals surface area contributed by atoms with Gasteiger partial charge in [0.2, 0.25) is 0 Å². The first-order valence-electron chi connectivity index (χ1n) is 8.40. The van der Waals surface area contributed by atoms with E-state index in [4.69, 9.17) is 11.6 Å². The van der Waals surface area contributed by atoms with Crippen molar-refractivity contribution >= 4 is 21.4 Å². The summed E-state index contributed by atoms with van der Waals surface area (Å²) in [5.41, 5.74) is -0.228. The first-order chi connectivity index (χ1) is 12.3. The molecule has 1 aliphatic rings. The van der Waals surface area contributed by atoms with Crippen molar-refractivity contribution in [2.75, 3.05) is 0 Å². The second-order valence-corrected chi connectivity index (χ2v) is 9.38. The van der Waals surface area contributed by atoms with E-state index < -0.39 is 32.3 Å². The fourth-order valence-electron chi connectivity index (χ4n) is 3.69. The summed E-state index contributed by atoms with van der Waals surface area (Å²) < 4.78 is 53.9. The maximum absolute atomic E-state index is 14.6. The number of hydrogen-bond donors (Lipinski definition) is 1. The van der Waals surface area contributed by atoms with Crippen LogP contribution < -0.4 is 0 Å². The van der Waals surface area contributed by atoms with Crippen LogP contribution >= 0.6 is 11.6 Å². The van der Waals surface area contributed by atoms with Crippen molar-refractivity contribution in [3.63, 3.8) is 0 Å². The molecule has 2 aromatic rings. The fraction of sp³-hybridized carbons (Fsp3) is 0.368. The van der Waals surface area contributed by atoms with Gasteiger partial charge in [-0.15, -0.1) is 0 Å².